The number of hydrogen-bond donors (Lipinski definition) is 3. The molecule has 134 valence electrons. The minimum atomic E-state index is -1.51. The van der Waals surface area contributed by atoms with Gasteiger partial charge in [-0.05, 0) is 36.4 Å². The molecule has 0 saturated heterocycles. The maximum absolute atomic E-state index is 12.3. The largest absolute Gasteiger partial charge is 0.462 e. The standard InChI is InChI=1S/C19H17ClN2O4/c20-12-5-6-13-16(7-9-21-17(13)11-12)22-15-4-2-1-3-14(15)19(25)26-10-8-18(23)24/h1-7,9,11,18,23-24H,8,10H2,(H,21,22). The van der Waals surface area contributed by atoms with Crippen molar-refractivity contribution in [2.45, 2.75) is 12.7 Å². The molecular weight excluding hydrogens is 356 g/mol. The molecule has 3 N–H and O–H groups in total. The fraction of sp³-hybridized carbons (Fsp3) is 0.158. The van der Waals surface area contributed by atoms with Gasteiger partial charge in [0.25, 0.3) is 0 Å². The number of benzene rings is 2. The smallest absolute Gasteiger partial charge is 0.340 e. The molecule has 3 rings (SSSR count). The van der Waals surface area contributed by atoms with Crippen LogP contribution in [0, 0.1) is 0 Å². The number of rotatable bonds is 6. The maximum atomic E-state index is 12.3. The number of aliphatic hydroxyl groups excluding tert-OH is 1. The molecule has 1 heterocycles. The Hall–Kier alpha value is -2.67. The van der Waals surface area contributed by atoms with Crippen LogP contribution >= 0.6 is 11.6 Å². The van der Waals surface area contributed by atoms with Gasteiger partial charge in [-0.3, -0.25) is 4.98 Å². The summed E-state index contributed by atoms with van der Waals surface area (Å²) in [6, 6.07) is 14.1. The Morgan fingerprint density at radius 2 is 1.96 bits per heavy atom. The number of ether oxygens (including phenoxy) is 1. The molecule has 6 nitrogen and oxygen atoms in total. The van der Waals surface area contributed by atoms with Crippen molar-refractivity contribution in [1.82, 2.24) is 4.98 Å². The van der Waals surface area contributed by atoms with Gasteiger partial charge in [0.1, 0.15) is 0 Å². The van der Waals surface area contributed by atoms with E-state index < -0.39 is 12.3 Å². The van der Waals surface area contributed by atoms with Crippen LogP contribution < -0.4 is 5.32 Å². The van der Waals surface area contributed by atoms with Crippen molar-refractivity contribution < 1.29 is 19.7 Å². The monoisotopic (exact) mass is 372 g/mol. The number of hydrogen-bond acceptors (Lipinski definition) is 6. The molecule has 0 aliphatic heterocycles. The molecule has 0 unspecified atom stereocenters. The van der Waals surface area contributed by atoms with Crippen LogP contribution in [0.1, 0.15) is 16.8 Å². The van der Waals surface area contributed by atoms with E-state index in [0.717, 1.165) is 16.6 Å². The Labute approximate surface area is 155 Å². The first-order valence-corrected chi connectivity index (χ1v) is 8.36. The molecule has 0 saturated carbocycles. The number of pyridine rings is 1. The average Bonchev–Trinajstić information content (AvgIpc) is 2.61. The van der Waals surface area contributed by atoms with Crippen LogP contribution in [0.5, 0.6) is 0 Å². The van der Waals surface area contributed by atoms with Gasteiger partial charge in [0, 0.05) is 28.7 Å². The van der Waals surface area contributed by atoms with Gasteiger partial charge in [0.2, 0.25) is 0 Å². The third kappa shape index (κ3) is 4.29. The number of anilines is 2. The van der Waals surface area contributed by atoms with Crippen molar-refractivity contribution in [1.29, 1.82) is 0 Å². The van der Waals surface area contributed by atoms with Crippen molar-refractivity contribution in [2.24, 2.45) is 0 Å². The van der Waals surface area contributed by atoms with Gasteiger partial charge in [-0.2, -0.15) is 0 Å². The fourth-order valence-corrected chi connectivity index (χ4v) is 2.65. The summed E-state index contributed by atoms with van der Waals surface area (Å²) < 4.78 is 5.09. The fourth-order valence-electron chi connectivity index (χ4n) is 2.48. The zero-order chi connectivity index (χ0) is 18.5. The Bertz CT molecular complexity index is 930. The number of para-hydroxylation sites is 1. The SMILES string of the molecule is O=C(OCCC(O)O)c1ccccc1Nc1ccnc2cc(Cl)ccc12. The van der Waals surface area contributed by atoms with Crippen LogP contribution in [0.15, 0.2) is 54.7 Å². The van der Waals surface area contributed by atoms with E-state index in [1.54, 1.807) is 48.7 Å². The van der Waals surface area contributed by atoms with Crippen LogP contribution in [0.2, 0.25) is 5.02 Å². The lowest BCUT2D eigenvalue weighted by Crippen LogP contribution is -2.13. The molecule has 0 aliphatic carbocycles. The summed E-state index contributed by atoms with van der Waals surface area (Å²) in [4.78, 5) is 16.6. The highest BCUT2D eigenvalue weighted by molar-refractivity contribution is 6.31. The van der Waals surface area contributed by atoms with E-state index in [-0.39, 0.29) is 13.0 Å². The number of aliphatic hydroxyl groups is 2. The molecule has 0 spiro atoms. The van der Waals surface area contributed by atoms with Crippen LogP contribution in [-0.4, -0.2) is 34.1 Å². The minimum Gasteiger partial charge on any atom is -0.462 e. The third-order valence-electron chi connectivity index (χ3n) is 3.73. The third-order valence-corrected chi connectivity index (χ3v) is 3.97. The number of nitrogens with one attached hydrogen (secondary N) is 1. The predicted octanol–water partition coefficient (Wildman–Crippen LogP) is 3.49. The molecule has 0 amide bonds. The summed E-state index contributed by atoms with van der Waals surface area (Å²) in [7, 11) is 0. The van der Waals surface area contributed by atoms with Crippen LogP contribution in [0.25, 0.3) is 10.9 Å². The second-order valence-corrected chi connectivity index (χ2v) is 6.03. The quantitative estimate of drug-likeness (QED) is 0.453. The van der Waals surface area contributed by atoms with Gasteiger partial charge in [-0.1, -0.05) is 23.7 Å². The summed E-state index contributed by atoms with van der Waals surface area (Å²) in [5.41, 5.74) is 2.43. The Morgan fingerprint density at radius 3 is 2.77 bits per heavy atom. The van der Waals surface area contributed by atoms with E-state index in [1.807, 2.05) is 6.07 Å². The zero-order valence-corrected chi connectivity index (χ0v) is 14.5. The number of esters is 1. The Balaban J connectivity index is 1.86. The number of fused-ring (bicyclic) bond motifs is 1. The highest BCUT2D eigenvalue weighted by Crippen LogP contribution is 2.28. The molecule has 2 aromatic carbocycles. The second-order valence-electron chi connectivity index (χ2n) is 5.60. The van der Waals surface area contributed by atoms with Crippen molar-refractivity contribution in [3.05, 3.63) is 65.3 Å². The number of aromatic nitrogens is 1. The molecule has 3 aromatic rings. The van der Waals surface area contributed by atoms with E-state index in [2.05, 4.69) is 10.3 Å². The van der Waals surface area contributed by atoms with E-state index in [1.165, 1.54) is 0 Å². The van der Waals surface area contributed by atoms with E-state index in [4.69, 9.17) is 26.6 Å². The summed E-state index contributed by atoms with van der Waals surface area (Å²) >= 11 is 6.01. The van der Waals surface area contributed by atoms with Crippen molar-refractivity contribution in [2.75, 3.05) is 11.9 Å². The van der Waals surface area contributed by atoms with Crippen molar-refractivity contribution >= 4 is 39.8 Å². The van der Waals surface area contributed by atoms with Crippen LogP contribution in [-0.2, 0) is 4.74 Å². The van der Waals surface area contributed by atoms with Crippen molar-refractivity contribution in [3.63, 3.8) is 0 Å². The molecule has 0 atom stereocenters. The number of carbonyl (C=O) groups excluding carboxylic acids is 1. The van der Waals surface area contributed by atoms with Gasteiger partial charge in [0.05, 0.1) is 23.4 Å². The predicted molar refractivity (Wildman–Crippen MR) is 99.6 cm³/mol. The minimum absolute atomic E-state index is 0.0446. The Morgan fingerprint density at radius 1 is 1.15 bits per heavy atom. The first-order chi connectivity index (χ1) is 12.5. The lowest BCUT2D eigenvalue weighted by Gasteiger charge is -2.13. The van der Waals surface area contributed by atoms with Crippen LogP contribution in [0.4, 0.5) is 11.4 Å². The first kappa shape index (κ1) is 18.1. The highest BCUT2D eigenvalue weighted by atomic mass is 35.5. The summed E-state index contributed by atoms with van der Waals surface area (Å²) in [6.45, 7) is -0.0818. The lowest BCUT2D eigenvalue weighted by molar-refractivity contribution is -0.0562. The molecule has 1 aromatic heterocycles. The number of nitrogens with zero attached hydrogens (tertiary/aromatic N) is 1. The summed E-state index contributed by atoms with van der Waals surface area (Å²) in [5.74, 6) is -0.546. The summed E-state index contributed by atoms with van der Waals surface area (Å²) in [5, 5.41) is 22.4. The number of carbonyl (C=O) groups is 1. The molecule has 0 aliphatic rings. The maximum Gasteiger partial charge on any atom is 0.340 e. The number of halogens is 1. The van der Waals surface area contributed by atoms with Gasteiger partial charge in [0.15, 0.2) is 6.29 Å². The van der Waals surface area contributed by atoms with E-state index >= 15 is 0 Å². The van der Waals surface area contributed by atoms with Crippen LogP contribution in [0.3, 0.4) is 0 Å². The molecule has 26 heavy (non-hydrogen) atoms. The molecule has 0 radical (unpaired) electrons. The molecule has 0 bridgehead atoms. The molecule has 7 heteroatoms. The first-order valence-electron chi connectivity index (χ1n) is 7.98. The second kappa shape index (κ2) is 8.14. The topological polar surface area (TPSA) is 91.7 Å². The lowest BCUT2D eigenvalue weighted by atomic mass is 10.1. The van der Waals surface area contributed by atoms with E-state index in [9.17, 15) is 4.79 Å². The zero-order valence-electron chi connectivity index (χ0n) is 13.7. The Kier molecular flexibility index (Phi) is 5.68. The highest BCUT2D eigenvalue weighted by Gasteiger charge is 2.14. The normalized spacial score (nSPS) is 10.9. The van der Waals surface area contributed by atoms with Gasteiger partial charge in [-0.25, -0.2) is 4.79 Å². The molecular formula is C19H17ClN2O4. The van der Waals surface area contributed by atoms with Crippen molar-refractivity contribution in [3.8, 4) is 0 Å². The van der Waals surface area contributed by atoms with E-state index in [0.29, 0.717) is 16.3 Å². The van der Waals surface area contributed by atoms with Gasteiger partial charge >= 0.3 is 5.97 Å². The average molecular weight is 373 g/mol. The summed E-state index contributed by atoms with van der Waals surface area (Å²) in [6.07, 6.45) is 0.105. The van der Waals surface area contributed by atoms with Gasteiger partial charge in [-0.15, -0.1) is 0 Å². The van der Waals surface area contributed by atoms with Gasteiger partial charge < -0.3 is 20.3 Å². The molecule has 0 fully saturated rings.